The van der Waals surface area contributed by atoms with Crippen LogP contribution in [-0.2, 0) is 0 Å². The van der Waals surface area contributed by atoms with E-state index in [2.05, 4.69) is 10.5 Å². The van der Waals surface area contributed by atoms with Gasteiger partial charge in [-0.1, -0.05) is 5.16 Å². The van der Waals surface area contributed by atoms with E-state index in [4.69, 9.17) is 9.63 Å². The second-order valence-electron chi connectivity index (χ2n) is 5.20. The molecule has 5 nitrogen and oxygen atoms in total. The molecule has 17 heavy (non-hydrogen) atoms. The van der Waals surface area contributed by atoms with E-state index >= 15 is 0 Å². The molecule has 1 heterocycles. The van der Waals surface area contributed by atoms with Crippen LogP contribution in [0.25, 0.3) is 0 Å². The molecular weight excluding hydrogens is 220 g/mol. The van der Waals surface area contributed by atoms with E-state index in [1.165, 1.54) is 0 Å². The first-order chi connectivity index (χ1) is 8.02. The Morgan fingerprint density at radius 1 is 1.65 bits per heavy atom. The smallest absolute Gasteiger partial charge is 0.273 e. The van der Waals surface area contributed by atoms with Crippen molar-refractivity contribution >= 4 is 5.91 Å². The van der Waals surface area contributed by atoms with Crippen LogP contribution in [0.5, 0.6) is 0 Å². The Balaban J connectivity index is 1.98. The fraction of sp³-hybridized carbons (Fsp3) is 0.667. The van der Waals surface area contributed by atoms with Crippen molar-refractivity contribution in [2.45, 2.75) is 44.6 Å². The zero-order valence-electron chi connectivity index (χ0n) is 10.2. The van der Waals surface area contributed by atoms with Crippen molar-refractivity contribution in [1.82, 2.24) is 10.5 Å². The van der Waals surface area contributed by atoms with Gasteiger partial charge in [0.05, 0.1) is 0 Å². The van der Waals surface area contributed by atoms with Gasteiger partial charge in [0.1, 0.15) is 5.76 Å². The molecule has 2 N–H and O–H groups in total. The molecule has 0 unspecified atom stereocenters. The lowest BCUT2D eigenvalue weighted by molar-refractivity contribution is 0.0890. The van der Waals surface area contributed by atoms with Crippen LogP contribution >= 0.6 is 0 Å². The Labute approximate surface area is 100 Å². The molecule has 1 aliphatic rings. The van der Waals surface area contributed by atoms with E-state index in [0.29, 0.717) is 18.0 Å². The first-order valence-electron chi connectivity index (χ1n) is 5.92. The molecule has 1 saturated carbocycles. The Hall–Kier alpha value is -1.36. The van der Waals surface area contributed by atoms with Gasteiger partial charge in [0, 0.05) is 24.1 Å². The molecule has 0 spiro atoms. The molecule has 0 atom stereocenters. The van der Waals surface area contributed by atoms with Crippen LogP contribution in [0.2, 0.25) is 0 Å². The summed E-state index contributed by atoms with van der Waals surface area (Å²) in [5.74, 6) is 1.00. The molecule has 1 fully saturated rings. The molecule has 0 aromatic carbocycles. The summed E-state index contributed by atoms with van der Waals surface area (Å²) in [4.78, 5) is 11.9. The number of aliphatic hydroxyl groups excluding tert-OH is 1. The quantitative estimate of drug-likeness (QED) is 0.814. The van der Waals surface area contributed by atoms with Crippen LogP contribution in [0, 0.1) is 0 Å². The Morgan fingerprint density at radius 2 is 2.35 bits per heavy atom. The molecule has 1 amide bonds. The van der Waals surface area contributed by atoms with Gasteiger partial charge >= 0.3 is 0 Å². The topological polar surface area (TPSA) is 75.4 Å². The minimum atomic E-state index is -0.440. The lowest BCUT2D eigenvalue weighted by atomic mass is 10.0. The van der Waals surface area contributed by atoms with Crippen molar-refractivity contribution in [3.63, 3.8) is 0 Å². The van der Waals surface area contributed by atoms with Crippen molar-refractivity contribution in [3.05, 3.63) is 17.5 Å². The minimum absolute atomic E-state index is 0.0411. The van der Waals surface area contributed by atoms with Crippen molar-refractivity contribution < 1.29 is 14.4 Å². The van der Waals surface area contributed by atoms with Gasteiger partial charge in [-0.05, 0) is 33.1 Å². The van der Waals surface area contributed by atoms with Crippen molar-refractivity contribution in [2.75, 3.05) is 6.61 Å². The van der Waals surface area contributed by atoms with E-state index in [1.807, 2.05) is 13.8 Å². The molecule has 2 rings (SSSR count). The summed E-state index contributed by atoms with van der Waals surface area (Å²) in [6, 6.07) is 1.71. The number of nitrogens with one attached hydrogen (secondary N) is 1. The largest absolute Gasteiger partial charge is 0.396 e. The molecule has 0 saturated heterocycles. The highest BCUT2D eigenvalue weighted by Crippen LogP contribution is 2.40. The highest BCUT2D eigenvalue weighted by molar-refractivity contribution is 5.92. The molecular formula is C12H18N2O3. The number of aromatic nitrogens is 1. The maximum atomic E-state index is 11.9. The first-order valence-corrected chi connectivity index (χ1v) is 5.92. The monoisotopic (exact) mass is 238 g/mol. The number of nitrogens with zero attached hydrogens (tertiary/aromatic N) is 1. The van der Waals surface area contributed by atoms with E-state index in [-0.39, 0.29) is 12.5 Å². The van der Waals surface area contributed by atoms with E-state index < -0.39 is 5.54 Å². The molecule has 0 radical (unpaired) electrons. The number of aliphatic hydroxyl groups is 1. The SMILES string of the molecule is CC(C)(CCO)NC(=O)c1cc(C2CC2)on1. The molecule has 1 aromatic rings. The Kier molecular flexibility index (Phi) is 3.19. The number of amides is 1. The van der Waals surface area contributed by atoms with Crippen molar-refractivity contribution in [3.8, 4) is 0 Å². The van der Waals surface area contributed by atoms with Crippen LogP contribution < -0.4 is 5.32 Å². The number of hydrogen-bond donors (Lipinski definition) is 2. The van der Waals surface area contributed by atoms with E-state index in [9.17, 15) is 4.79 Å². The maximum Gasteiger partial charge on any atom is 0.273 e. The fourth-order valence-electron chi connectivity index (χ4n) is 1.67. The predicted molar refractivity (Wildman–Crippen MR) is 61.7 cm³/mol. The third-order valence-electron chi connectivity index (χ3n) is 2.93. The highest BCUT2D eigenvalue weighted by atomic mass is 16.5. The lowest BCUT2D eigenvalue weighted by Gasteiger charge is -2.24. The van der Waals surface area contributed by atoms with Gasteiger partial charge in [-0.2, -0.15) is 0 Å². The maximum absolute atomic E-state index is 11.9. The Bertz CT molecular complexity index is 408. The second kappa shape index (κ2) is 4.49. The summed E-state index contributed by atoms with van der Waals surface area (Å²) in [7, 11) is 0. The summed E-state index contributed by atoms with van der Waals surface area (Å²) in [5.41, 5.74) is -0.122. The number of rotatable bonds is 5. The van der Waals surface area contributed by atoms with Crippen LogP contribution in [0.15, 0.2) is 10.6 Å². The van der Waals surface area contributed by atoms with Crippen LogP contribution in [0.1, 0.15) is 55.3 Å². The number of carbonyl (C=O) groups is 1. The number of hydrogen-bond acceptors (Lipinski definition) is 4. The van der Waals surface area contributed by atoms with Gasteiger partial charge in [0.15, 0.2) is 5.69 Å². The van der Waals surface area contributed by atoms with Gasteiger partial charge < -0.3 is 14.9 Å². The highest BCUT2D eigenvalue weighted by Gasteiger charge is 2.29. The summed E-state index contributed by atoms with van der Waals surface area (Å²) >= 11 is 0. The summed E-state index contributed by atoms with van der Waals surface area (Å²) < 4.78 is 5.12. The van der Waals surface area contributed by atoms with Crippen LogP contribution in [0.3, 0.4) is 0 Å². The van der Waals surface area contributed by atoms with Crippen LogP contribution in [-0.4, -0.2) is 28.3 Å². The van der Waals surface area contributed by atoms with Crippen LogP contribution in [0.4, 0.5) is 0 Å². The minimum Gasteiger partial charge on any atom is -0.396 e. The fourth-order valence-corrected chi connectivity index (χ4v) is 1.67. The average molecular weight is 238 g/mol. The number of carbonyl (C=O) groups excluding carboxylic acids is 1. The molecule has 1 aromatic heterocycles. The van der Waals surface area contributed by atoms with E-state index in [1.54, 1.807) is 6.07 Å². The van der Waals surface area contributed by atoms with Gasteiger partial charge in [0.2, 0.25) is 0 Å². The normalized spacial score (nSPS) is 15.9. The Morgan fingerprint density at radius 3 is 2.94 bits per heavy atom. The van der Waals surface area contributed by atoms with Crippen molar-refractivity contribution in [1.29, 1.82) is 0 Å². The van der Waals surface area contributed by atoms with Gasteiger partial charge in [-0.25, -0.2) is 0 Å². The van der Waals surface area contributed by atoms with Gasteiger partial charge in [0.25, 0.3) is 5.91 Å². The summed E-state index contributed by atoms with van der Waals surface area (Å²) in [6.07, 6.45) is 2.74. The average Bonchev–Trinajstić information content (AvgIpc) is 2.95. The first kappa shape index (κ1) is 12.1. The second-order valence-corrected chi connectivity index (χ2v) is 5.20. The zero-order chi connectivity index (χ0) is 12.5. The lowest BCUT2D eigenvalue weighted by Crippen LogP contribution is -2.44. The van der Waals surface area contributed by atoms with Gasteiger partial charge in [-0.3, -0.25) is 4.79 Å². The van der Waals surface area contributed by atoms with E-state index in [0.717, 1.165) is 18.6 Å². The third kappa shape index (κ3) is 3.06. The summed E-state index contributed by atoms with van der Waals surface area (Å²) in [5, 5.41) is 15.5. The third-order valence-corrected chi connectivity index (χ3v) is 2.93. The molecule has 1 aliphatic carbocycles. The zero-order valence-corrected chi connectivity index (χ0v) is 10.2. The molecule has 0 aliphatic heterocycles. The molecule has 94 valence electrons. The molecule has 0 bridgehead atoms. The molecule has 5 heteroatoms. The van der Waals surface area contributed by atoms with Gasteiger partial charge in [-0.15, -0.1) is 0 Å². The summed E-state index contributed by atoms with van der Waals surface area (Å²) in [6.45, 7) is 3.77. The predicted octanol–water partition coefficient (Wildman–Crippen LogP) is 1.44. The standard InChI is InChI=1S/C12H18N2O3/c1-12(2,5-6-15)13-11(16)9-7-10(17-14-9)8-3-4-8/h7-8,15H,3-6H2,1-2H3,(H,13,16). The van der Waals surface area contributed by atoms with Crippen molar-refractivity contribution in [2.24, 2.45) is 0 Å².